The number of carbonyl (C=O) groups is 1. The van der Waals surface area contributed by atoms with Crippen molar-refractivity contribution in [3.05, 3.63) is 40.7 Å². The SMILES string of the molecule is Cc1noc(C)c1Cc1ccc(C(=O)N2CC3(CC(N4CCN(C)CC4)CO3)C2)o1. The average molecular weight is 415 g/mol. The fourth-order valence-electron chi connectivity index (χ4n) is 4.93. The number of hydrogen-bond acceptors (Lipinski definition) is 7. The third-order valence-electron chi connectivity index (χ3n) is 6.89. The monoisotopic (exact) mass is 414 g/mol. The first-order valence-electron chi connectivity index (χ1n) is 10.8. The van der Waals surface area contributed by atoms with Gasteiger partial charge in [0.2, 0.25) is 0 Å². The highest BCUT2D eigenvalue weighted by molar-refractivity contribution is 5.92. The second-order valence-corrected chi connectivity index (χ2v) is 9.10. The highest BCUT2D eigenvalue weighted by Crippen LogP contribution is 2.38. The number of likely N-dealkylation sites (tertiary alicyclic amines) is 1. The van der Waals surface area contributed by atoms with Crippen LogP contribution >= 0.6 is 0 Å². The molecule has 5 rings (SSSR count). The molecule has 1 unspecified atom stereocenters. The maximum absolute atomic E-state index is 12.9. The molecular weight excluding hydrogens is 384 g/mol. The van der Waals surface area contributed by atoms with Crippen molar-refractivity contribution < 1.29 is 18.5 Å². The summed E-state index contributed by atoms with van der Waals surface area (Å²) in [5.74, 6) is 1.86. The van der Waals surface area contributed by atoms with Crippen molar-refractivity contribution in [2.24, 2.45) is 0 Å². The third-order valence-corrected chi connectivity index (χ3v) is 6.89. The van der Waals surface area contributed by atoms with Crippen LogP contribution in [0.2, 0.25) is 0 Å². The van der Waals surface area contributed by atoms with Crippen molar-refractivity contribution in [2.45, 2.75) is 38.3 Å². The summed E-state index contributed by atoms with van der Waals surface area (Å²) < 4.78 is 17.2. The largest absolute Gasteiger partial charge is 0.456 e. The zero-order valence-corrected chi connectivity index (χ0v) is 18.0. The fourth-order valence-corrected chi connectivity index (χ4v) is 4.93. The molecule has 2 aromatic rings. The lowest BCUT2D eigenvalue weighted by atomic mass is 9.88. The molecule has 0 saturated carbocycles. The summed E-state index contributed by atoms with van der Waals surface area (Å²) in [5.41, 5.74) is 1.70. The van der Waals surface area contributed by atoms with Crippen LogP contribution < -0.4 is 0 Å². The van der Waals surface area contributed by atoms with Gasteiger partial charge in [-0.2, -0.15) is 0 Å². The maximum Gasteiger partial charge on any atom is 0.289 e. The van der Waals surface area contributed by atoms with Gasteiger partial charge in [-0.3, -0.25) is 9.69 Å². The summed E-state index contributed by atoms with van der Waals surface area (Å²) in [6.45, 7) is 10.3. The van der Waals surface area contributed by atoms with Crippen LogP contribution in [0.5, 0.6) is 0 Å². The number of likely N-dealkylation sites (N-methyl/N-ethyl adjacent to an activating group) is 1. The van der Waals surface area contributed by atoms with Crippen LogP contribution in [0.15, 0.2) is 21.1 Å². The van der Waals surface area contributed by atoms with Crippen LogP contribution in [-0.2, 0) is 11.2 Å². The smallest absolute Gasteiger partial charge is 0.289 e. The van der Waals surface area contributed by atoms with E-state index in [1.54, 1.807) is 6.07 Å². The number of hydrogen-bond donors (Lipinski definition) is 0. The zero-order chi connectivity index (χ0) is 20.9. The number of aryl methyl sites for hydroxylation is 2. The van der Waals surface area contributed by atoms with Crippen molar-refractivity contribution in [1.82, 2.24) is 19.9 Å². The quantitative estimate of drug-likeness (QED) is 0.754. The van der Waals surface area contributed by atoms with Crippen LogP contribution in [-0.4, -0.2) is 90.3 Å². The number of furan rings is 1. The van der Waals surface area contributed by atoms with E-state index >= 15 is 0 Å². The molecule has 3 aliphatic heterocycles. The Morgan fingerprint density at radius 2 is 1.97 bits per heavy atom. The molecule has 0 N–H and O–H groups in total. The van der Waals surface area contributed by atoms with Gasteiger partial charge in [0, 0.05) is 44.2 Å². The van der Waals surface area contributed by atoms with E-state index in [9.17, 15) is 4.79 Å². The Kier molecular flexibility index (Phi) is 4.95. The molecule has 1 amide bonds. The average Bonchev–Trinajstić information content (AvgIpc) is 3.43. The minimum atomic E-state index is -0.171. The molecule has 8 nitrogen and oxygen atoms in total. The predicted octanol–water partition coefficient (Wildman–Crippen LogP) is 1.71. The van der Waals surface area contributed by atoms with E-state index < -0.39 is 0 Å². The van der Waals surface area contributed by atoms with E-state index in [4.69, 9.17) is 13.7 Å². The van der Waals surface area contributed by atoms with Gasteiger partial charge in [0.1, 0.15) is 17.1 Å². The lowest BCUT2D eigenvalue weighted by molar-refractivity contribution is -0.0957. The minimum absolute atomic E-state index is 0.0581. The Bertz CT molecular complexity index is 902. The Hall–Kier alpha value is -2.16. The molecule has 1 atom stereocenters. The van der Waals surface area contributed by atoms with Gasteiger partial charge in [0.05, 0.1) is 25.4 Å². The molecule has 1 spiro atoms. The van der Waals surface area contributed by atoms with Gasteiger partial charge in [0.25, 0.3) is 5.91 Å². The van der Waals surface area contributed by atoms with E-state index in [1.165, 1.54) is 0 Å². The van der Waals surface area contributed by atoms with Crippen LogP contribution in [0.1, 0.15) is 39.8 Å². The Morgan fingerprint density at radius 3 is 2.67 bits per heavy atom. The second kappa shape index (κ2) is 7.51. The van der Waals surface area contributed by atoms with Gasteiger partial charge in [-0.05, 0) is 39.4 Å². The first-order chi connectivity index (χ1) is 14.4. The molecule has 0 aromatic carbocycles. The Labute approximate surface area is 176 Å². The number of piperazine rings is 1. The molecule has 2 aromatic heterocycles. The minimum Gasteiger partial charge on any atom is -0.456 e. The Balaban J connectivity index is 1.16. The van der Waals surface area contributed by atoms with Gasteiger partial charge in [0.15, 0.2) is 5.76 Å². The first-order valence-corrected chi connectivity index (χ1v) is 10.8. The fraction of sp³-hybridized carbons (Fsp3) is 0.636. The van der Waals surface area contributed by atoms with Gasteiger partial charge in [-0.25, -0.2) is 0 Å². The predicted molar refractivity (Wildman–Crippen MR) is 110 cm³/mol. The molecule has 3 saturated heterocycles. The molecule has 0 bridgehead atoms. The van der Waals surface area contributed by atoms with Crippen LogP contribution in [0.4, 0.5) is 0 Å². The molecule has 0 aliphatic carbocycles. The summed E-state index contributed by atoms with van der Waals surface area (Å²) in [6, 6.07) is 4.11. The van der Waals surface area contributed by atoms with Crippen LogP contribution in [0.3, 0.4) is 0 Å². The van der Waals surface area contributed by atoms with Crippen molar-refractivity contribution in [3.63, 3.8) is 0 Å². The van der Waals surface area contributed by atoms with Crippen molar-refractivity contribution in [2.75, 3.05) is 52.9 Å². The lowest BCUT2D eigenvalue weighted by Crippen LogP contribution is -2.63. The zero-order valence-electron chi connectivity index (χ0n) is 18.0. The number of amides is 1. The number of ether oxygens (including phenoxy) is 1. The summed E-state index contributed by atoms with van der Waals surface area (Å²) in [6.07, 6.45) is 1.59. The summed E-state index contributed by atoms with van der Waals surface area (Å²) in [4.78, 5) is 19.6. The van der Waals surface area contributed by atoms with E-state index in [2.05, 4.69) is 22.0 Å². The molecule has 3 aliphatic rings. The van der Waals surface area contributed by atoms with E-state index in [0.717, 1.165) is 62.0 Å². The van der Waals surface area contributed by atoms with Crippen molar-refractivity contribution in [1.29, 1.82) is 0 Å². The van der Waals surface area contributed by atoms with Crippen LogP contribution in [0.25, 0.3) is 0 Å². The molecule has 3 fully saturated rings. The second-order valence-electron chi connectivity index (χ2n) is 9.10. The molecule has 30 heavy (non-hydrogen) atoms. The van der Waals surface area contributed by atoms with Gasteiger partial charge in [-0.15, -0.1) is 0 Å². The number of carbonyl (C=O) groups excluding carboxylic acids is 1. The van der Waals surface area contributed by atoms with Gasteiger partial charge < -0.3 is 23.5 Å². The molecule has 0 radical (unpaired) electrons. The van der Waals surface area contributed by atoms with Gasteiger partial charge in [-0.1, -0.05) is 5.16 Å². The molecule has 8 heteroatoms. The number of nitrogens with zero attached hydrogens (tertiary/aromatic N) is 4. The number of aromatic nitrogens is 1. The highest BCUT2D eigenvalue weighted by atomic mass is 16.5. The lowest BCUT2D eigenvalue weighted by Gasteiger charge is -2.47. The summed E-state index contributed by atoms with van der Waals surface area (Å²) in [5, 5.41) is 3.98. The van der Waals surface area contributed by atoms with Crippen LogP contribution in [0, 0.1) is 13.8 Å². The summed E-state index contributed by atoms with van der Waals surface area (Å²) >= 11 is 0. The summed E-state index contributed by atoms with van der Waals surface area (Å²) in [7, 11) is 2.17. The maximum atomic E-state index is 12.9. The van der Waals surface area contributed by atoms with Crippen molar-refractivity contribution in [3.8, 4) is 0 Å². The van der Waals surface area contributed by atoms with E-state index in [-0.39, 0.29) is 11.5 Å². The normalized spacial score (nSPS) is 24.5. The standard InChI is InChI=1S/C22H30N4O4/c1-15-19(16(2)30-23-15)10-18-4-5-20(29-18)21(27)26-13-22(14-26)11-17(12-28-22)25-8-6-24(3)7-9-25/h4-5,17H,6-14H2,1-3H3. The molecule has 5 heterocycles. The third kappa shape index (κ3) is 3.57. The molecule has 162 valence electrons. The number of rotatable bonds is 4. The first kappa shape index (κ1) is 19.8. The van der Waals surface area contributed by atoms with Crippen molar-refractivity contribution >= 4 is 5.91 Å². The highest BCUT2D eigenvalue weighted by Gasteiger charge is 2.52. The molecular formula is C22H30N4O4. The van der Waals surface area contributed by atoms with E-state index in [1.807, 2.05) is 24.8 Å². The van der Waals surface area contributed by atoms with E-state index in [0.29, 0.717) is 31.3 Å². The Morgan fingerprint density at radius 1 is 1.20 bits per heavy atom. The van der Waals surface area contributed by atoms with Gasteiger partial charge >= 0.3 is 0 Å². The topological polar surface area (TPSA) is 75.2 Å².